The molecular weight excluding hydrogens is 278 g/mol. The number of aromatic nitrogens is 1. The van der Waals surface area contributed by atoms with E-state index in [0.717, 1.165) is 11.3 Å². The molecule has 0 saturated heterocycles. The Morgan fingerprint density at radius 2 is 2.38 bits per heavy atom. The Kier molecular flexibility index (Phi) is 4.15. The van der Waals surface area contributed by atoms with Crippen LogP contribution in [0.2, 0.25) is 0 Å². The third-order valence-corrected chi connectivity index (χ3v) is 3.25. The lowest BCUT2D eigenvalue weighted by molar-refractivity contribution is 0.0690. The minimum atomic E-state index is -0.980. The Hall–Kier alpha value is -0.130. The summed E-state index contributed by atoms with van der Waals surface area (Å²) in [5, 5.41) is 8.77. The van der Waals surface area contributed by atoms with E-state index in [0.29, 0.717) is 16.2 Å². The number of nitrogens with zero attached hydrogens (tertiary/aromatic N) is 1. The van der Waals surface area contributed by atoms with E-state index in [-0.39, 0.29) is 5.69 Å². The Morgan fingerprint density at radius 1 is 1.69 bits per heavy atom. The summed E-state index contributed by atoms with van der Waals surface area (Å²) in [6.45, 7) is 0. The normalized spacial score (nSPS) is 10.3. The molecule has 0 aliphatic carbocycles. The van der Waals surface area contributed by atoms with Crippen LogP contribution in [0, 0.1) is 0 Å². The van der Waals surface area contributed by atoms with Crippen molar-refractivity contribution in [2.24, 2.45) is 0 Å². The lowest BCUT2D eigenvalue weighted by Gasteiger charge is -1.94. The number of carboxylic acid groups (broad SMARTS) is 1. The summed E-state index contributed by atoms with van der Waals surface area (Å²) in [7, 11) is 0. The zero-order valence-electron chi connectivity index (χ0n) is 6.59. The summed E-state index contributed by atoms with van der Waals surface area (Å²) in [6.07, 6.45) is 1.45. The van der Waals surface area contributed by atoms with Crippen molar-refractivity contribution >= 4 is 44.8 Å². The number of hydrogen-bond donors (Lipinski definition) is 1. The second-order valence-electron chi connectivity index (χ2n) is 2.34. The molecule has 0 aliphatic heterocycles. The quantitative estimate of drug-likeness (QED) is 0.865. The molecule has 0 bridgehead atoms. The van der Waals surface area contributed by atoms with Gasteiger partial charge in [-0.2, -0.15) is 0 Å². The molecule has 0 unspecified atom stereocenters. The molecule has 0 aromatic carbocycles. The minimum absolute atomic E-state index is 0.141. The molecule has 1 heterocycles. The highest BCUT2D eigenvalue weighted by atomic mass is 79.9. The topological polar surface area (TPSA) is 50.2 Å². The number of halogens is 2. The molecule has 0 spiro atoms. The fourth-order valence-corrected chi connectivity index (χ4v) is 2.60. The van der Waals surface area contributed by atoms with Crippen molar-refractivity contribution in [1.29, 1.82) is 0 Å². The van der Waals surface area contributed by atoms with Gasteiger partial charge in [0.15, 0.2) is 9.61 Å². The van der Waals surface area contributed by atoms with E-state index in [4.69, 9.17) is 16.7 Å². The molecular formula is C7H7BrClNO2S. The molecule has 1 aromatic heterocycles. The molecule has 1 rings (SSSR count). The van der Waals surface area contributed by atoms with Crippen LogP contribution >= 0.6 is 38.9 Å². The maximum atomic E-state index is 10.7. The first kappa shape index (κ1) is 10.9. The van der Waals surface area contributed by atoms with E-state index >= 15 is 0 Å². The van der Waals surface area contributed by atoms with Crippen molar-refractivity contribution in [3.05, 3.63) is 14.5 Å². The van der Waals surface area contributed by atoms with Crippen LogP contribution in [0.15, 0.2) is 3.92 Å². The van der Waals surface area contributed by atoms with E-state index in [9.17, 15) is 4.79 Å². The van der Waals surface area contributed by atoms with Crippen LogP contribution in [0.5, 0.6) is 0 Å². The van der Waals surface area contributed by atoms with Gasteiger partial charge in [-0.25, -0.2) is 9.78 Å². The SMILES string of the molecule is O=C(O)c1nc(Br)sc1CCCCl. The number of aryl methyl sites for hydroxylation is 1. The minimum Gasteiger partial charge on any atom is -0.476 e. The van der Waals surface area contributed by atoms with Crippen LogP contribution < -0.4 is 0 Å². The first-order valence-corrected chi connectivity index (χ1v) is 5.74. The summed E-state index contributed by atoms with van der Waals surface area (Å²) in [5.41, 5.74) is 0.141. The van der Waals surface area contributed by atoms with E-state index in [1.54, 1.807) is 0 Å². The summed E-state index contributed by atoms with van der Waals surface area (Å²) >= 11 is 10.0. The Morgan fingerprint density at radius 3 is 2.92 bits per heavy atom. The van der Waals surface area contributed by atoms with Gasteiger partial charge in [-0.3, -0.25) is 0 Å². The fourth-order valence-electron chi connectivity index (χ4n) is 0.887. The standard InChI is InChI=1S/C7H7BrClNO2S/c8-7-10-5(6(11)12)4(13-7)2-1-3-9/h1-3H2,(H,11,12). The third-order valence-electron chi connectivity index (χ3n) is 1.41. The van der Waals surface area contributed by atoms with Gasteiger partial charge in [0.2, 0.25) is 0 Å². The number of rotatable bonds is 4. The van der Waals surface area contributed by atoms with Crippen LogP contribution in [0.3, 0.4) is 0 Å². The van der Waals surface area contributed by atoms with Crippen LogP contribution in [0.4, 0.5) is 0 Å². The molecule has 0 amide bonds. The molecule has 0 fully saturated rings. The van der Waals surface area contributed by atoms with E-state index < -0.39 is 5.97 Å². The number of carbonyl (C=O) groups is 1. The maximum Gasteiger partial charge on any atom is 0.355 e. The van der Waals surface area contributed by atoms with E-state index in [1.165, 1.54) is 11.3 Å². The molecule has 3 nitrogen and oxygen atoms in total. The fraction of sp³-hybridized carbons (Fsp3) is 0.429. The van der Waals surface area contributed by atoms with Crippen LogP contribution in [0.25, 0.3) is 0 Å². The van der Waals surface area contributed by atoms with Gasteiger partial charge < -0.3 is 5.11 Å². The predicted molar refractivity (Wildman–Crippen MR) is 55.8 cm³/mol. The summed E-state index contributed by atoms with van der Waals surface area (Å²) in [4.78, 5) is 15.3. The third kappa shape index (κ3) is 2.93. The van der Waals surface area contributed by atoms with E-state index in [1.807, 2.05) is 0 Å². The van der Waals surface area contributed by atoms with Gasteiger partial charge in [0.05, 0.1) is 0 Å². The molecule has 0 atom stereocenters. The highest BCUT2D eigenvalue weighted by Crippen LogP contribution is 2.24. The number of hydrogen-bond acceptors (Lipinski definition) is 3. The summed E-state index contributed by atoms with van der Waals surface area (Å²) < 4.78 is 0.606. The van der Waals surface area contributed by atoms with Gasteiger partial charge in [-0.1, -0.05) is 0 Å². The zero-order valence-corrected chi connectivity index (χ0v) is 9.75. The Balaban J connectivity index is 2.84. The summed E-state index contributed by atoms with van der Waals surface area (Å²) in [6, 6.07) is 0. The van der Waals surface area contributed by atoms with Gasteiger partial charge in [-0.15, -0.1) is 22.9 Å². The summed E-state index contributed by atoms with van der Waals surface area (Å²) in [5.74, 6) is -0.444. The Bertz CT molecular complexity index is 315. The average Bonchev–Trinajstić information content (AvgIpc) is 2.43. The highest BCUT2D eigenvalue weighted by Gasteiger charge is 2.15. The van der Waals surface area contributed by atoms with Crippen molar-refractivity contribution in [2.75, 3.05) is 5.88 Å². The molecule has 0 saturated carbocycles. The van der Waals surface area contributed by atoms with Gasteiger partial charge in [0, 0.05) is 10.8 Å². The Labute approximate surface area is 92.9 Å². The number of thiazole rings is 1. The van der Waals surface area contributed by atoms with Crippen molar-refractivity contribution in [2.45, 2.75) is 12.8 Å². The number of alkyl halides is 1. The molecule has 72 valence electrons. The first-order valence-electron chi connectivity index (χ1n) is 3.59. The smallest absolute Gasteiger partial charge is 0.355 e. The van der Waals surface area contributed by atoms with Crippen molar-refractivity contribution in [3.8, 4) is 0 Å². The van der Waals surface area contributed by atoms with Gasteiger partial charge in [-0.05, 0) is 28.8 Å². The van der Waals surface area contributed by atoms with Crippen molar-refractivity contribution in [3.63, 3.8) is 0 Å². The predicted octanol–water partition coefficient (Wildman–Crippen LogP) is 2.78. The second-order valence-corrected chi connectivity index (χ2v) is 5.07. The van der Waals surface area contributed by atoms with Crippen LogP contribution in [-0.2, 0) is 6.42 Å². The lowest BCUT2D eigenvalue weighted by atomic mass is 10.2. The molecule has 6 heteroatoms. The monoisotopic (exact) mass is 283 g/mol. The molecule has 0 radical (unpaired) electrons. The molecule has 13 heavy (non-hydrogen) atoms. The number of aromatic carboxylic acids is 1. The van der Waals surface area contributed by atoms with Crippen molar-refractivity contribution in [1.82, 2.24) is 4.98 Å². The molecule has 1 N–H and O–H groups in total. The van der Waals surface area contributed by atoms with Crippen LogP contribution in [-0.4, -0.2) is 21.9 Å². The van der Waals surface area contributed by atoms with Crippen LogP contribution in [0.1, 0.15) is 21.8 Å². The van der Waals surface area contributed by atoms with E-state index in [2.05, 4.69) is 20.9 Å². The molecule has 1 aromatic rings. The maximum absolute atomic E-state index is 10.7. The first-order chi connectivity index (χ1) is 6.15. The average molecular weight is 285 g/mol. The highest BCUT2D eigenvalue weighted by molar-refractivity contribution is 9.11. The van der Waals surface area contributed by atoms with Crippen molar-refractivity contribution < 1.29 is 9.90 Å². The molecule has 0 aliphatic rings. The van der Waals surface area contributed by atoms with Gasteiger partial charge in [0.1, 0.15) is 0 Å². The lowest BCUT2D eigenvalue weighted by Crippen LogP contribution is -2.00. The second kappa shape index (κ2) is 4.93. The van der Waals surface area contributed by atoms with Gasteiger partial charge in [0.25, 0.3) is 0 Å². The largest absolute Gasteiger partial charge is 0.476 e. The number of carboxylic acids is 1. The zero-order chi connectivity index (χ0) is 9.84. The van der Waals surface area contributed by atoms with Gasteiger partial charge >= 0.3 is 5.97 Å².